The lowest BCUT2D eigenvalue weighted by molar-refractivity contribution is -0.141. The van der Waals surface area contributed by atoms with E-state index in [4.69, 9.17) is 4.74 Å². The van der Waals surface area contributed by atoms with E-state index in [0.29, 0.717) is 24.3 Å². The number of hydrogen-bond acceptors (Lipinski definition) is 6. The van der Waals surface area contributed by atoms with Gasteiger partial charge in [0.15, 0.2) is 0 Å². The van der Waals surface area contributed by atoms with Gasteiger partial charge in [0.25, 0.3) is 0 Å². The van der Waals surface area contributed by atoms with Gasteiger partial charge in [-0.2, -0.15) is 13.2 Å². The minimum absolute atomic E-state index is 0.0691. The molecule has 3 aromatic heterocycles. The Hall–Kier alpha value is -2.85. The Kier molecular flexibility index (Phi) is 5.05. The predicted octanol–water partition coefficient (Wildman–Crippen LogP) is 2.48. The molecule has 2 atom stereocenters. The van der Waals surface area contributed by atoms with Crippen molar-refractivity contribution in [2.24, 2.45) is 0 Å². The van der Waals surface area contributed by atoms with Crippen molar-refractivity contribution < 1.29 is 17.9 Å². The molecule has 0 bridgehead atoms. The van der Waals surface area contributed by atoms with E-state index in [1.54, 1.807) is 17.1 Å². The zero-order chi connectivity index (χ0) is 19.6. The van der Waals surface area contributed by atoms with Gasteiger partial charge in [-0.05, 0) is 23.8 Å². The number of aromatic nitrogens is 5. The first-order chi connectivity index (χ1) is 13.5. The smallest absolute Gasteiger partial charge is 0.370 e. The molecule has 4 heterocycles. The third kappa shape index (κ3) is 4.02. The number of rotatable bonds is 5. The maximum Gasteiger partial charge on any atom is 0.433 e. The zero-order valence-corrected chi connectivity index (χ0v) is 14.7. The van der Waals surface area contributed by atoms with Gasteiger partial charge in [-0.1, -0.05) is 11.3 Å². The highest BCUT2D eigenvalue weighted by Crippen LogP contribution is 2.27. The van der Waals surface area contributed by atoms with E-state index in [0.717, 1.165) is 11.6 Å². The van der Waals surface area contributed by atoms with Gasteiger partial charge in [0.05, 0.1) is 24.9 Å². The lowest BCUT2D eigenvalue weighted by Crippen LogP contribution is -2.26. The second-order valence-electron chi connectivity index (χ2n) is 6.45. The van der Waals surface area contributed by atoms with Gasteiger partial charge in [0.2, 0.25) is 0 Å². The SMILES string of the molecule is FC(F)(F)c1ccc(CO[C@@H]2CNC[C@H]2n2cc(-c3cccnc3)nn2)cn1. The Labute approximate surface area is 158 Å². The maximum absolute atomic E-state index is 12.6. The fourth-order valence-corrected chi connectivity index (χ4v) is 3.04. The lowest BCUT2D eigenvalue weighted by Gasteiger charge is -2.19. The number of halogens is 3. The fourth-order valence-electron chi connectivity index (χ4n) is 3.04. The van der Waals surface area contributed by atoms with Crippen molar-refractivity contribution in [1.29, 1.82) is 0 Å². The molecule has 4 rings (SSSR count). The fraction of sp³-hybridized carbons (Fsp3) is 0.333. The molecule has 0 amide bonds. The van der Waals surface area contributed by atoms with Gasteiger partial charge in [-0.15, -0.1) is 5.10 Å². The Morgan fingerprint density at radius 3 is 2.79 bits per heavy atom. The van der Waals surface area contributed by atoms with Crippen molar-refractivity contribution in [2.45, 2.75) is 24.9 Å². The molecule has 1 aliphatic rings. The highest BCUT2D eigenvalue weighted by Gasteiger charge is 2.33. The minimum Gasteiger partial charge on any atom is -0.370 e. The molecule has 1 N–H and O–H groups in total. The van der Waals surface area contributed by atoms with Gasteiger partial charge in [0, 0.05) is 37.2 Å². The topological polar surface area (TPSA) is 77.8 Å². The molecule has 10 heteroatoms. The lowest BCUT2D eigenvalue weighted by atomic mass is 10.2. The van der Waals surface area contributed by atoms with Crippen LogP contribution in [0.25, 0.3) is 11.3 Å². The van der Waals surface area contributed by atoms with Crippen LogP contribution in [0.2, 0.25) is 0 Å². The van der Waals surface area contributed by atoms with E-state index in [1.165, 1.54) is 12.3 Å². The van der Waals surface area contributed by atoms with Crippen molar-refractivity contribution in [3.05, 3.63) is 60.3 Å². The Morgan fingerprint density at radius 2 is 2.07 bits per heavy atom. The molecule has 146 valence electrons. The number of hydrogen-bond donors (Lipinski definition) is 1. The molecule has 7 nitrogen and oxygen atoms in total. The van der Waals surface area contributed by atoms with Crippen LogP contribution in [0.3, 0.4) is 0 Å². The quantitative estimate of drug-likeness (QED) is 0.721. The molecular weight excluding hydrogens is 373 g/mol. The maximum atomic E-state index is 12.6. The number of nitrogens with zero attached hydrogens (tertiary/aromatic N) is 5. The molecule has 0 spiro atoms. The van der Waals surface area contributed by atoms with Crippen molar-refractivity contribution in [3.8, 4) is 11.3 Å². The van der Waals surface area contributed by atoms with E-state index in [9.17, 15) is 13.2 Å². The summed E-state index contributed by atoms with van der Waals surface area (Å²) in [5.74, 6) is 0. The van der Waals surface area contributed by atoms with Crippen molar-refractivity contribution in [1.82, 2.24) is 30.3 Å². The summed E-state index contributed by atoms with van der Waals surface area (Å²) < 4.78 is 45.4. The molecule has 3 aromatic rings. The third-order valence-electron chi connectivity index (χ3n) is 4.51. The molecule has 0 saturated carbocycles. The normalized spacial score (nSPS) is 19.8. The number of pyridine rings is 2. The summed E-state index contributed by atoms with van der Waals surface area (Å²) in [5.41, 5.74) is 1.24. The average molecular weight is 390 g/mol. The number of ether oxygens (including phenoxy) is 1. The van der Waals surface area contributed by atoms with Crippen LogP contribution in [-0.4, -0.2) is 44.2 Å². The second-order valence-corrected chi connectivity index (χ2v) is 6.45. The molecule has 1 aliphatic heterocycles. The van der Waals surface area contributed by atoms with Crippen molar-refractivity contribution >= 4 is 0 Å². The highest BCUT2D eigenvalue weighted by atomic mass is 19.4. The molecule has 1 fully saturated rings. The molecule has 0 aromatic carbocycles. The standard InChI is InChI=1S/C18H17F3N6O/c19-18(20,21)17-4-3-12(6-24-17)11-28-16-9-23-8-15(16)27-10-14(25-26-27)13-2-1-5-22-7-13/h1-7,10,15-16,23H,8-9,11H2/t15-,16-/m1/s1. The minimum atomic E-state index is -4.45. The van der Waals surface area contributed by atoms with E-state index < -0.39 is 11.9 Å². The van der Waals surface area contributed by atoms with Gasteiger partial charge in [-0.25, -0.2) is 4.68 Å². The summed E-state index contributed by atoms with van der Waals surface area (Å²) in [6.45, 7) is 1.44. The summed E-state index contributed by atoms with van der Waals surface area (Å²) in [4.78, 5) is 7.53. The first-order valence-electron chi connectivity index (χ1n) is 8.67. The van der Waals surface area contributed by atoms with Gasteiger partial charge < -0.3 is 10.1 Å². The van der Waals surface area contributed by atoms with Crippen LogP contribution >= 0.6 is 0 Å². The van der Waals surface area contributed by atoms with Crippen LogP contribution in [-0.2, 0) is 17.5 Å². The largest absolute Gasteiger partial charge is 0.433 e. The molecule has 0 unspecified atom stereocenters. The zero-order valence-electron chi connectivity index (χ0n) is 14.7. The van der Waals surface area contributed by atoms with Crippen molar-refractivity contribution in [3.63, 3.8) is 0 Å². The number of alkyl halides is 3. The Morgan fingerprint density at radius 1 is 1.18 bits per heavy atom. The van der Waals surface area contributed by atoms with E-state index >= 15 is 0 Å². The second kappa shape index (κ2) is 7.64. The summed E-state index contributed by atoms with van der Waals surface area (Å²) in [5, 5.41) is 11.6. The summed E-state index contributed by atoms with van der Waals surface area (Å²) in [7, 11) is 0. The average Bonchev–Trinajstić information content (AvgIpc) is 3.36. The van der Waals surface area contributed by atoms with E-state index in [-0.39, 0.29) is 18.8 Å². The first kappa shape index (κ1) is 18.5. The Balaban J connectivity index is 1.41. The summed E-state index contributed by atoms with van der Waals surface area (Å²) in [6, 6.07) is 6.00. The van der Waals surface area contributed by atoms with Gasteiger partial charge in [0.1, 0.15) is 11.4 Å². The Bertz CT molecular complexity index is 913. The monoisotopic (exact) mass is 390 g/mol. The molecule has 1 saturated heterocycles. The van der Waals surface area contributed by atoms with Gasteiger partial charge >= 0.3 is 6.18 Å². The summed E-state index contributed by atoms with van der Waals surface area (Å²) >= 11 is 0. The van der Waals surface area contributed by atoms with Crippen LogP contribution in [0.5, 0.6) is 0 Å². The van der Waals surface area contributed by atoms with Crippen LogP contribution in [0, 0.1) is 0 Å². The molecule has 0 radical (unpaired) electrons. The van der Waals surface area contributed by atoms with Gasteiger partial charge in [-0.3, -0.25) is 9.97 Å². The third-order valence-corrected chi connectivity index (χ3v) is 4.51. The van der Waals surface area contributed by atoms with Crippen LogP contribution in [0.15, 0.2) is 49.1 Å². The highest BCUT2D eigenvalue weighted by molar-refractivity contribution is 5.55. The predicted molar refractivity (Wildman–Crippen MR) is 93.0 cm³/mol. The van der Waals surface area contributed by atoms with E-state index in [1.807, 2.05) is 18.3 Å². The number of nitrogens with one attached hydrogen (secondary N) is 1. The van der Waals surface area contributed by atoms with E-state index in [2.05, 4.69) is 25.6 Å². The van der Waals surface area contributed by atoms with Crippen LogP contribution in [0.4, 0.5) is 13.2 Å². The molecule has 0 aliphatic carbocycles. The van der Waals surface area contributed by atoms with Crippen LogP contribution in [0.1, 0.15) is 17.3 Å². The molecular formula is C18H17F3N6O. The first-order valence-corrected chi connectivity index (χ1v) is 8.67. The molecule has 28 heavy (non-hydrogen) atoms. The van der Waals surface area contributed by atoms with Crippen molar-refractivity contribution in [2.75, 3.05) is 13.1 Å². The summed E-state index contributed by atoms with van der Waals surface area (Å²) in [6.07, 6.45) is 1.80. The van der Waals surface area contributed by atoms with Crippen LogP contribution < -0.4 is 5.32 Å².